The lowest BCUT2D eigenvalue weighted by atomic mass is 9.90. The summed E-state index contributed by atoms with van der Waals surface area (Å²) in [4.78, 5) is 11.0. The largest absolute Gasteiger partial charge is 0.303 e. The summed E-state index contributed by atoms with van der Waals surface area (Å²) in [5.41, 5.74) is 3.55. The molecule has 0 unspecified atom stereocenters. The Morgan fingerprint density at radius 2 is 2.06 bits per heavy atom. The Bertz CT molecular complexity index is 551. The van der Waals surface area contributed by atoms with Crippen molar-refractivity contribution in [2.24, 2.45) is 10.2 Å². The lowest BCUT2D eigenvalue weighted by Crippen LogP contribution is -2.20. The quantitative estimate of drug-likeness (QED) is 0.784. The van der Waals surface area contributed by atoms with Crippen molar-refractivity contribution < 1.29 is 4.79 Å². The minimum atomic E-state index is 0.00277. The number of carbonyl (C=O) groups is 1. The van der Waals surface area contributed by atoms with Gasteiger partial charge in [-0.15, -0.1) is 5.10 Å². The minimum absolute atomic E-state index is 0.00277. The van der Waals surface area contributed by atoms with E-state index < -0.39 is 0 Å². The SMILES string of the molecule is O=C1CS/C(=N\N=C2\CCCc3ccccc32)N1. The van der Waals surface area contributed by atoms with Crippen LogP contribution in [0.15, 0.2) is 34.5 Å². The lowest BCUT2D eigenvalue weighted by molar-refractivity contribution is -0.116. The predicted molar refractivity (Wildman–Crippen MR) is 74.0 cm³/mol. The smallest absolute Gasteiger partial charge is 0.236 e. The van der Waals surface area contributed by atoms with E-state index in [0.29, 0.717) is 10.9 Å². The van der Waals surface area contributed by atoms with Crippen molar-refractivity contribution in [1.29, 1.82) is 0 Å². The Labute approximate surface area is 110 Å². The van der Waals surface area contributed by atoms with Crippen LogP contribution in [0.4, 0.5) is 0 Å². The molecular formula is C13H13N3OS. The number of hydrogen-bond acceptors (Lipinski definition) is 4. The number of fused-ring (bicyclic) bond motifs is 1. The zero-order chi connectivity index (χ0) is 12.4. The van der Waals surface area contributed by atoms with E-state index in [9.17, 15) is 4.79 Å². The minimum Gasteiger partial charge on any atom is -0.303 e. The second kappa shape index (κ2) is 4.94. The topological polar surface area (TPSA) is 53.8 Å². The Balaban J connectivity index is 1.87. The third-order valence-electron chi connectivity index (χ3n) is 3.04. The van der Waals surface area contributed by atoms with E-state index in [2.05, 4.69) is 33.7 Å². The fourth-order valence-electron chi connectivity index (χ4n) is 2.19. The van der Waals surface area contributed by atoms with E-state index in [1.807, 2.05) is 6.07 Å². The van der Waals surface area contributed by atoms with Gasteiger partial charge in [-0.1, -0.05) is 36.0 Å². The highest BCUT2D eigenvalue weighted by Gasteiger charge is 2.17. The van der Waals surface area contributed by atoms with Gasteiger partial charge >= 0.3 is 0 Å². The van der Waals surface area contributed by atoms with Crippen LogP contribution in [0.25, 0.3) is 0 Å². The number of thioether (sulfide) groups is 1. The number of amidine groups is 1. The second-order valence-electron chi connectivity index (χ2n) is 4.30. The van der Waals surface area contributed by atoms with Crippen molar-refractivity contribution in [3.8, 4) is 0 Å². The third-order valence-corrected chi connectivity index (χ3v) is 3.90. The first-order valence-electron chi connectivity index (χ1n) is 5.98. The summed E-state index contributed by atoms with van der Waals surface area (Å²) < 4.78 is 0. The Hall–Kier alpha value is -1.62. The Morgan fingerprint density at radius 3 is 2.89 bits per heavy atom. The van der Waals surface area contributed by atoms with Crippen molar-refractivity contribution in [3.63, 3.8) is 0 Å². The average molecular weight is 259 g/mol. The molecule has 0 radical (unpaired) electrons. The van der Waals surface area contributed by atoms with Crippen molar-refractivity contribution in [1.82, 2.24) is 5.32 Å². The highest BCUT2D eigenvalue weighted by Crippen LogP contribution is 2.21. The highest BCUT2D eigenvalue weighted by molar-refractivity contribution is 8.15. The van der Waals surface area contributed by atoms with Crippen LogP contribution in [0.3, 0.4) is 0 Å². The standard InChI is InChI=1S/C13H13N3OS/c17-12-8-18-13(14-12)16-15-11-7-3-5-9-4-1-2-6-10(9)11/h1-2,4,6H,3,5,7-8H2,(H,14,16,17)/b15-11-. The van der Waals surface area contributed by atoms with Crippen LogP contribution in [0.1, 0.15) is 24.0 Å². The molecule has 0 bridgehead atoms. The van der Waals surface area contributed by atoms with Gasteiger partial charge in [0.2, 0.25) is 5.91 Å². The van der Waals surface area contributed by atoms with Crippen LogP contribution in [0.2, 0.25) is 0 Å². The molecule has 1 aliphatic carbocycles. The summed E-state index contributed by atoms with van der Waals surface area (Å²) in [6.07, 6.45) is 3.17. The summed E-state index contributed by atoms with van der Waals surface area (Å²) in [6.45, 7) is 0. The van der Waals surface area contributed by atoms with E-state index in [-0.39, 0.29) is 5.91 Å². The fraction of sp³-hybridized carbons (Fsp3) is 0.308. The van der Waals surface area contributed by atoms with Gasteiger partial charge in [-0.3, -0.25) is 4.79 Å². The Morgan fingerprint density at radius 1 is 1.17 bits per heavy atom. The van der Waals surface area contributed by atoms with E-state index >= 15 is 0 Å². The molecule has 1 aliphatic heterocycles. The third kappa shape index (κ3) is 2.31. The zero-order valence-electron chi connectivity index (χ0n) is 9.85. The van der Waals surface area contributed by atoms with Gasteiger partial charge in [0.25, 0.3) is 0 Å². The van der Waals surface area contributed by atoms with Crippen LogP contribution in [0, 0.1) is 0 Å². The molecule has 1 fully saturated rings. The number of nitrogens with zero attached hydrogens (tertiary/aromatic N) is 2. The summed E-state index contributed by atoms with van der Waals surface area (Å²) >= 11 is 1.40. The van der Waals surface area contributed by atoms with Crippen LogP contribution >= 0.6 is 11.8 Å². The first-order chi connectivity index (χ1) is 8.83. The molecule has 3 rings (SSSR count). The average Bonchev–Trinajstić information content (AvgIpc) is 2.82. The number of carbonyl (C=O) groups excluding carboxylic acids is 1. The maximum atomic E-state index is 11.0. The number of hydrogen-bond donors (Lipinski definition) is 1. The van der Waals surface area contributed by atoms with Gasteiger partial charge in [0.15, 0.2) is 5.17 Å². The molecule has 18 heavy (non-hydrogen) atoms. The molecular weight excluding hydrogens is 246 g/mol. The monoisotopic (exact) mass is 259 g/mol. The maximum Gasteiger partial charge on any atom is 0.236 e. The maximum absolute atomic E-state index is 11.0. The van der Waals surface area contributed by atoms with Crippen LogP contribution in [-0.2, 0) is 11.2 Å². The fourth-order valence-corrected chi connectivity index (χ4v) is 2.81. The van der Waals surface area contributed by atoms with Crippen molar-refractivity contribution in [2.45, 2.75) is 19.3 Å². The van der Waals surface area contributed by atoms with Gasteiger partial charge in [0.05, 0.1) is 11.5 Å². The Kier molecular flexibility index (Phi) is 3.15. The summed E-state index contributed by atoms with van der Waals surface area (Å²) in [5.74, 6) is 0.447. The van der Waals surface area contributed by atoms with Gasteiger partial charge in [-0.05, 0) is 24.8 Å². The molecule has 4 nitrogen and oxygen atoms in total. The number of benzene rings is 1. The summed E-state index contributed by atoms with van der Waals surface area (Å²) in [5, 5.41) is 11.7. The van der Waals surface area contributed by atoms with Gasteiger partial charge in [0.1, 0.15) is 0 Å². The van der Waals surface area contributed by atoms with Gasteiger partial charge in [0, 0.05) is 5.56 Å². The van der Waals surface area contributed by atoms with Crippen molar-refractivity contribution in [3.05, 3.63) is 35.4 Å². The molecule has 5 heteroatoms. The number of aryl methyl sites for hydroxylation is 1. The molecule has 0 aromatic heterocycles. The molecule has 1 amide bonds. The summed E-state index contributed by atoms with van der Waals surface area (Å²) in [6, 6.07) is 8.32. The molecule has 1 saturated heterocycles. The van der Waals surface area contributed by atoms with Crippen LogP contribution in [-0.4, -0.2) is 22.5 Å². The highest BCUT2D eigenvalue weighted by atomic mass is 32.2. The number of nitrogens with one attached hydrogen (secondary N) is 1. The molecule has 0 spiro atoms. The zero-order valence-corrected chi connectivity index (χ0v) is 10.7. The molecule has 92 valence electrons. The van der Waals surface area contributed by atoms with Gasteiger partial charge < -0.3 is 5.32 Å². The normalized spacial score (nSPS) is 23.2. The second-order valence-corrected chi connectivity index (χ2v) is 5.26. The van der Waals surface area contributed by atoms with E-state index in [0.717, 1.165) is 25.0 Å². The van der Waals surface area contributed by atoms with Gasteiger partial charge in [-0.2, -0.15) is 5.10 Å². The molecule has 1 aromatic rings. The van der Waals surface area contributed by atoms with E-state index in [1.165, 1.54) is 22.9 Å². The molecule has 1 aromatic carbocycles. The van der Waals surface area contributed by atoms with E-state index in [1.54, 1.807) is 0 Å². The molecule has 0 atom stereocenters. The van der Waals surface area contributed by atoms with Crippen LogP contribution < -0.4 is 5.32 Å². The summed E-state index contributed by atoms with van der Waals surface area (Å²) in [7, 11) is 0. The first kappa shape index (κ1) is 11.5. The first-order valence-corrected chi connectivity index (χ1v) is 6.97. The van der Waals surface area contributed by atoms with E-state index in [4.69, 9.17) is 0 Å². The molecule has 1 heterocycles. The number of rotatable bonds is 1. The molecule has 2 aliphatic rings. The predicted octanol–water partition coefficient (Wildman–Crippen LogP) is 1.95. The van der Waals surface area contributed by atoms with Crippen molar-refractivity contribution >= 4 is 28.5 Å². The lowest BCUT2D eigenvalue weighted by Gasteiger charge is -2.16. The van der Waals surface area contributed by atoms with Crippen molar-refractivity contribution in [2.75, 3.05) is 5.75 Å². The van der Waals surface area contributed by atoms with Gasteiger partial charge in [-0.25, -0.2) is 0 Å². The van der Waals surface area contributed by atoms with Crippen LogP contribution in [0.5, 0.6) is 0 Å². The molecule has 0 saturated carbocycles. The number of amides is 1. The molecule has 1 N–H and O–H groups in total.